The summed E-state index contributed by atoms with van der Waals surface area (Å²) in [6.45, 7) is 3.97. The van der Waals surface area contributed by atoms with Crippen molar-refractivity contribution in [2.45, 2.75) is 26.3 Å². The van der Waals surface area contributed by atoms with Gasteiger partial charge in [-0.25, -0.2) is 4.98 Å². The predicted octanol–water partition coefficient (Wildman–Crippen LogP) is 4.14. The number of pyridine rings is 2. The predicted molar refractivity (Wildman–Crippen MR) is 125 cm³/mol. The summed E-state index contributed by atoms with van der Waals surface area (Å²) in [6.07, 6.45) is 0.814. The molecule has 0 fully saturated rings. The van der Waals surface area contributed by atoms with Gasteiger partial charge in [0, 0.05) is 22.2 Å². The molecule has 1 unspecified atom stereocenters. The van der Waals surface area contributed by atoms with E-state index in [-0.39, 0.29) is 17.5 Å². The van der Waals surface area contributed by atoms with E-state index in [4.69, 9.17) is 14.5 Å². The number of para-hydroxylation sites is 1. The first kappa shape index (κ1) is 20.1. The molecule has 7 heteroatoms. The van der Waals surface area contributed by atoms with Gasteiger partial charge in [0.1, 0.15) is 5.69 Å². The Morgan fingerprint density at radius 3 is 2.59 bits per heavy atom. The molecule has 3 aromatic heterocycles. The quantitative estimate of drug-likeness (QED) is 0.425. The zero-order chi connectivity index (χ0) is 22.6. The number of methoxy groups -OCH3 is 2. The molecule has 5 rings (SSSR count). The molecule has 0 spiro atoms. The van der Waals surface area contributed by atoms with E-state index in [9.17, 15) is 9.59 Å². The van der Waals surface area contributed by atoms with E-state index in [1.54, 1.807) is 22.6 Å². The first-order valence-corrected chi connectivity index (χ1v) is 10.5. The largest absolute Gasteiger partial charge is 0.493 e. The zero-order valence-corrected chi connectivity index (χ0v) is 18.4. The average molecular weight is 429 g/mol. The van der Waals surface area contributed by atoms with E-state index < -0.39 is 0 Å². The SMILES string of the molecule is CCC(C)NC(=O)c1cc2c3ccccc3n3c(=O)c4c(OC)c(OC)ccc4c(n1)c23. The number of carbonyl (C=O) groups is 1. The molecule has 32 heavy (non-hydrogen) atoms. The molecule has 5 aromatic rings. The standard InChI is InChI=1S/C25H23N3O4/c1-5-13(2)26-24(29)17-12-16-14-8-6-7-9-18(14)28-22(16)21(27-17)15-10-11-19(31-3)23(32-4)20(15)25(28)30/h6-13H,5H2,1-4H3,(H,26,29). The number of hydrogen-bond acceptors (Lipinski definition) is 5. The summed E-state index contributed by atoms with van der Waals surface area (Å²) in [4.78, 5) is 31.5. The number of hydrogen-bond donors (Lipinski definition) is 1. The molecule has 7 nitrogen and oxygen atoms in total. The normalized spacial score (nSPS) is 12.6. The molecule has 162 valence electrons. The van der Waals surface area contributed by atoms with E-state index >= 15 is 0 Å². The maximum Gasteiger partial charge on any atom is 0.270 e. The highest BCUT2D eigenvalue weighted by molar-refractivity contribution is 6.21. The number of fused-ring (bicyclic) bond motifs is 5. The fourth-order valence-electron chi connectivity index (χ4n) is 4.35. The topological polar surface area (TPSA) is 81.9 Å². The molecular formula is C25H23N3O4. The lowest BCUT2D eigenvalue weighted by molar-refractivity contribution is 0.0934. The molecule has 0 saturated heterocycles. The van der Waals surface area contributed by atoms with Crippen LogP contribution in [0, 0.1) is 0 Å². The Morgan fingerprint density at radius 2 is 1.88 bits per heavy atom. The molecule has 1 atom stereocenters. The summed E-state index contributed by atoms with van der Waals surface area (Å²) >= 11 is 0. The Labute approximate surface area is 183 Å². The second-order valence-corrected chi connectivity index (χ2v) is 7.92. The maximum atomic E-state index is 13.7. The Morgan fingerprint density at radius 1 is 1.09 bits per heavy atom. The molecule has 0 aliphatic carbocycles. The second kappa shape index (κ2) is 7.37. The van der Waals surface area contributed by atoms with E-state index in [2.05, 4.69) is 5.32 Å². The van der Waals surface area contributed by atoms with Crippen LogP contribution in [-0.2, 0) is 0 Å². The van der Waals surface area contributed by atoms with Crippen LogP contribution in [0.5, 0.6) is 11.5 Å². The molecular weight excluding hydrogens is 406 g/mol. The van der Waals surface area contributed by atoms with Gasteiger partial charge in [0.25, 0.3) is 11.5 Å². The third kappa shape index (κ3) is 2.70. The summed E-state index contributed by atoms with van der Waals surface area (Å²) < 4.78 is 12.7. The minimum absolute atomic E-state index is 0.0240. The van der Waals surface area contributed by atoms with Crippen LogP contribution >= 0.6 is 0 Å². The van der Waals surface area contributed by atoms with E-state index in [1.807, 2.05) is 38.1 Å². The monoisotopic (exact) mass is 429 g/mol. The van der Waals surface area contributed by atoms with E-state index in [0.29, 0.717) is 39.0 Å². The fourth-order valence-corrected chi connectivity index (χ4v) is 4.35. The lowest BCUT2D eigenvalue weighted by Crippen LogP contribution is -2.32. The molecule has 0 bridgehead atoms. The minimum atomic E-state index is -0.242. The molecule has 0 aliphatic rings. The number of nitrogens with one attached hydrogen (secondary N) is 1. The van der Waals surface area contributed by atoms with Crippen molar-refractivity contribution < 1.29 is 14.3 Å². The van der Waals surface area contributed by atoms with Crippen LogP contribution in [0.1, 0.15) is 30.8 Å². The highest BCUT2D eigenvalue weighted by Crippen LogP contribution is 2.39. The molecule has 0 aliphatic heterocycles. The Balaban J connectivity index is 2.00. The Kier molecular flexibility index (Phi) is 4.62. The lowest BCUT2D eigenvalue weighted by Gasteiger charge is -2.14. The number of amides is 1. The van der Waals surface area contributed by atoms with Gasteiger partial charge < -0.3 is 14.8 Å². The molecule has 1 amide bonds. The van der Waals surface area contributed by atoms with E-state index in [0.717, 1.165) is 22.7 Å². The first-order valence-electron chi connectivity index (χ1n) is 10.5. The van der Waals surface area contributed by atoms with Crippen molar-refractivity contribution in [3.05, 3.63) is 58.5 Å². The second-order valence-electron chi connectivity index (χ2n) is 7.92. The van der Waals surface area contributed by atoms with E-state index in [1.165, 1.54) is 14.2 Å². The highest BCUT2D eigenvalue weighted by atomic mass is 16.5. The van der Waals surface area contributed by atoms with Crippen molar-refractivity contribution in [1.29, 1.82) is 0 Å². The zero-order valence-electron chi connectivity index (χ0n) is 18.4. The van der Waals surface area contributed by atoms with Crippen LogP contribution < -0.4 is 20.3 Å². The van der Waals surface area contributed by atoms with Gasteiger partial charge in [0.2, 0.25) is 0 Å². The number of benzene rings is 2. The van der Waals surface area contributed by atoms with Gasteiger partial charge in [-0.2, -0.15) is 0 Å². The number of rotatable bonds is 5. The molecule has 0 saturated carbocycles. The Hall–Kier alpha value is -3.87. The summed E-state index contributed by atoms with van der Waals surface area (Å²) in [5, 5.41) is 5.67. The smallest absolute Gasteiger partial charge is 0.270 e. The van der Waals surface area contributed by atoms with Crippen LogP contribution in [0.15, 0.2) is 47.3 Å². The average Bonchev–Trinajstić information content (AvgIpc) is 3.16. The first-order chi connectivity index (χ1) is 15.5. The van der Waals surface area contributed by atoms with Crippen molar-refractivity contribution in [1.82, 2.24) is 14.7 Å². The number of aromatic nitrogens is 2. The van der Waals surface area contributed by atoms with Gasteiger partial charge in [-0.05, 0) is 37.6 Å². The van der Waals surface area contributed by atoms with Crippen molar-refractivity contribution in [3.63, 3.8) is 0 Å². The van der Waals surface area contributed by atoms with Crippen molar-refractivity contribution in [2.24, 2.45) is 0 Å². The van der Waals surface area contributed by atoms with Gasteiger partial charge >= 0.3 is 0 Å². The Bertz CT molecular complexity index is 1570. The third-order valence-corrected chi connectivity index (χ3v) is 6.09. The molecule has 2 aromatic carbocycles. The van der Waals surface area contributed by atoms with Crippen LogP contribution in [-0.4, -0.2) is 35.6 Å². The van der Waals surface area contributed by atoms with Crippen LogP contribution in [0.4, 0.5) is 0 Å². The van der Waals surface area contributed by atoms with Crippen molar-refractivity contribution in [2.75, 3.05) is 14.2 Å². The maximum absolute atomic E-state index is 13.7. The van der Waals surface area contributed by atoms with Gasteiger partial charge in [0.05, 0.1) is 36.2 Å². The van der Waals surface area contributed by atoms with Crippen molar-refractivity contribution in [3.8, 4) is 11.5 Å². The third-order valence-electron chi connectivity index (χ3n) is 6.09. The summed E-state index contributed by atoms with van der Waals surface area (Å²) in [5.74, 6) is 0.567. The van der Waals surface area contributed by atoms with Gasteiger partial charge in [-0.15, -0.1) is 0 Å². The summed E-state index contributed by atoms with van der Waals surface area (Å²) in [7, 11) is 3.04. The molecule has 1 N–H and O–H groups in total. The van der Waals surface area contributed by atoms with Gasteiger partial charge in [-0.1, -0.05) is 25.1 Å². The van der Waals surface area contributed by atoms with Crippen LogP contribution in [0.2, 0.25) is 0 Å². The summed E-state index contributed by atoms with van der Waals surface area (Å²) in [5.41, 5.74) is 2.11. The molecule has 3 heterocycles. The van der Waals surface area contributed by atoms with Gasteiger partial charge in [-0.3, -0.25) is 14.0 Å². The lowest BCUT2D eigenvalue weighted by atomic mass is 10.1. The minimum Gasteiger partial charge on any atom is -0.493 e. The fraction of sp³-hybridized carbons (Fsp3) is 0.240. The summed E-state index contributed by atoms with van der Waals surface area (Å²) in [6, 6.07) is 13.0. The number of ether oxygens (including phenoxy) is 2. The number of nitrogens with zero attached hydrogens (tertiary/aromatic N) is 2. The van der Waals surface area contributed by atoms with Crippen molar-refractivity contribution >= 4 is 44.0 Å². The van der Waals surface area contributed by atoms with Crippen LogP contribution in [0.25, 0.3) is 38.1 Å². The highest BCUT2D eigenvalue weighted by Gasteiger charge is 2.24. The van der Waals surface area contributed by atoms with Gasteiger partial charge in [0.15, 0.2) is 11.5 Å². The number of carbonyl (C=O) groups excluding carboxylic acids is 1. The van der Waals surface area contributed by atoms with Crippen LogP contribution in [0.3, 0.4) is 0 Å². The molecule has 0 radical (unpaired) electrons.